The van der Waals surface area contributed by atoms with E-state index in [0.29, 0.717) is 23.9 Å². The summed E-state index contributed by atoms with van der Waals surface area (Å²) in [7, 11) is 2.94. The fourth-order valence-electron chi connectivity index (χ4n) is 2.86. The Labute approximate surface area is 161 Å². The Hall–Kier alpha value is -2.81. The third kappa shape index (κ3) is 4.88. The minimum absolute atomic E-state index is 0.0410. The molecule has 2 aromatic rings. The average Bonchev–Trinajstić information content (AvgIpc) is 3.14. The molecule has 0 unspecified atom stereocenters. The van der Waals surface area contributed by atoms with Crippen LogP contribution in [0.4, 0.5) is 15.6 Å². The first-order valence-corrected chi connectivity index (χ1v) is 9.43. The molecule has 1 saturated heterocycles. The van der Waals surface area contributed by atoms with Crippen LogP contribution in [0, 0.1) is 0 Å². The van der Waals surface area contributed by atoms with Crippen LogP contribution in [0.2, 0.25) is 0 Å². The fourth-order valence-corrected chi connectivity index (χ4v) is 3.55. The van der Waals surface area contributed by atoms with Crippen LogP contribution in [-0.4, -0.2) is 62.3 Å². The van der Waals surface area contributed by atoms with Crippen LogP contribution in [0.1, 0.15) is 5.69 Å². The first kappa shape index (κ1) is 19.0. The number of ether oxygens (including phenoxy) is 2. The maximum Gasteiger partial charge on any atom is 0.413 e. The first-order chi connectivity index (χ1) is 13.1. The second-order valence-corrected chi connectivity index (χ2v) is 6.86. The number of carbonyl (C=O) groups excluding carboxylic acids is 2. The van der Waals surface area contributed by atoms with E-state index in [1.54, 1.807) is 12.5 Å². The monoisotopic (exact) mass is 390 g/mol. The zero-order valence-corrected chi connectivity index (χ0v) is 16.1. The van der Waals surface area contributed by atoms with Crippen molar-refractivity contribution in [3.63, 3.8) is 0 Å². The Bertz CT molecular complexity index is 785. The van der Waals surface area contributed by atoms with Crippen molar-refractivity contribution >= 4 is 34.2 Å². The van der Waals surface area contributed by atoms with Gasteiger partial charge in [0, 0.05) is 37.2 Å². The summed E-state index contributed by atoms with van der Waals surface area (Å²) in [5.74, 6) is 0.871. The third-order valence-electron chi connectivity index (χ3n) is 4.35. The number of carbonyl (C=O) groups is 2. The summed E-state index contributed by atoms with van der Waals surface area (Å²) in [6, 6.07) is 7.94. The molecule has 1 N–H and O–H groups in total. The largest absolute Gasteiger partial charge is 0.497 e. The molecule has 2 amide bonds. The number of piperazine rings is 1. The minimum Gasteiger partial charge on any atom is -0.497 e. The molecular weight excluding hydrogens is 368 g/mol. The van der Waals surface area contributed by atoms with Crippen LogP contribution in [0.3, 0.4) is 0 Å². The second kappa shape index (κ2) is 8.72. The van der Waals surface area contributed by atoms with Gasteiger partial charge in [-0.1, -0.05) is 0 Å². The van der Waals surface area contributed by atoms with E-state index in [1.165, 1.54) is 18.4 Å². The Kier molecular flexibility index (Phi) is 6.12. The van der Waals surface area contributed by atoms with Crippen LogP contribution in [-0.2, 0) is 16.0 Å². The van der Waals surface area contributed by atoms with Crippen molar-refractivity contribution in [3.8, 4) is 5.75 Å². The molecule has 0 atom stereocenters. The van der Waals surface area contributed by atoms with Crippen LogP contribution in [0.15, 0.2) is 29.6 Å². The summed E-state index contributed by atoms with van der Waals surface area (Å²) in [6.07, 6.45) is -0.348. The Morgan fingerprint density at radius 2 is 1.85 bits per heavy atom. The van der Waals surface area contributed by atoms with Gasteiger partial charge in [0.05, 0.1) is 26.3 Å². The number of hydrogen-bond donors (Lipinski definition) is 1. The number of nitrogens with one attached hydrogen (secondary N) is 1. The molecule has 144 valence electrons. The molecule has 2 heterocycles. The molecule has 8 nitrogen and oxygen atoms in total. The molecule has 0 bridgehead atoms. The molecule has 0 spiro atoms. The lowest BCUT2D eigenvalue weighted by molar-refractivity contribution is -0.130. The Morgan fingerprint density at radius 1 is 1.15 bits per heavy atom. The van der Waals surface area contributed by atoms with E-state index in [-0.39, 0.29) is 12.3 Å². The normalized spacial score (nSPS) is 14.0. The summed E-state index contributed by atoms with van der Waals surface area (Å²) in [6.45, 7) is 2.90. The third-order valence-corrected chi connectivity index (χ3v) is 5.15. The highest BCUT2D eigenvalue weighted by Gasteiger charge is 2.22. The molecule has 0 aliphatic carbocycles. The van der Waals surface area contributed by atoms with E-state index >= 15 is 0 Å². The minimum atomic E-state index is -0.572. The van der Waals surface area contributed by atoms with Crippen molar-refractivity contribution in [2.75, 3.05) is 50.6 Å². The number of thiazole rings is 1. The SMILES string of the molecule is COC(=O)Nc1nc(CC(=O)N2CCN(c3ccc(OC)cc3)CC2)cs1. The van der Waals surface area contributed by atoms with Gasteiger partial charge in [-0.15, -0.1) is 11.3 Å². The maximum atomic E-state index is 12.5. The zero-order valence-electron chi connectivity index (χ0n) is 15.3. The standard InChI is InChI=1S/C18H22N4O4S/c1-25-15-5-3-14(4-6-15)21-7-9-22(10-8-21)16(23)11-13-12-27-17(19-13)20-18(24)26-2/h3-6,12H,7-11H2,1-2H3,(H,19,20,24). The van der Waals surface area contributed by atoms with Gasteiger partial charge >= 0.3 is 6.09 Å². The van der Waals surface area contributed by atoms with Crippen LogP contribution < -0.4 is 15.0 Å². The highest BCUT2D eigenvalue weighted by atomic mass is 32.1. The van der Waals surface area contributed by atoms with E-state index in [2.05, 4.69) is 19.9 Å². The predicted octanol–water partition coefficient (Wildman–Crippen LogP) is 2.22. The van der Waals surface area contributed by atoms with Gasteiger partial charge in [-0.05, 0) is 24.3 Å². The topological polar surface area (TPSA) is 84.0 Å². The van der Waals surface area contributed by atoms with Gasteiger partial charge in [0.25, 0.3) is 0 Å². The predicted molar refractivity (Wildman–Crippen MR) is 104 cm³/mol. The van der Waals surface area contributed by atoms with Gasteiger partial charge in [-0.3, -0.25) is 10.1 Å². The maximum absolute atomic E-state index is 12.5. The number of methoxy groups -OCH3 is 2. The second-order valence-electron chi connectivity index (χ2n) is 6.00. The number of aromatic nitrogens is 1. The number of benzene rings is 1. The van der Waals surface area contributed by atoms with Crippen molar-refractivity contribution in [2.24, 2.45) is 0 Å². The Morgan fingerprint density at radius 3 is 2.48 bits per heavy atom. The molecule has 1 aliphatic rings. The molecule has 3 rings (SSSR count). The summed E-state index contributed by atoms with van der Waals surface area (Å²) in [5.41, 5.74) is 1.77. The lowest BCUT2D eigenvalue weighted by Gasteiger charge is -2.36. The van der Waals surface area contributed by atoms with Gasteiger partial charge in [-0.2, -0.15) is 0 Å². The number of amides is 2. The number of rotatable bonds is 5. The lowest BCUT2D eigenvalue weighted by Crippen LogP contribution is -2.49. The smallest absolute Gasteiger partial charge is 0.413 e. The molecule has 27 heavy (non-hydrogen) atoms. The highest BCUT2D eigenvalue weighted by molar-refractivity contribution is 7.13. The van der Waals surface area contributed by atoms with Gasteiger partial charge in [-0.25, -0.2) is 9.78 Å². The van der Waals surface area contributed by atoms with E-state index in [9.17, 15) is 9.59 Å². The molecule has 0 radical (unpaired) electrons. The molecule has 1 aromatic carbocycles. The quantitative estimate of drug-likeness (QED) is 0.843. The molecule has 1 aromatic heterocycles. The fraction of sp³-hybridized carbons (Fsp3) is 0.389. The van der Waals surface area contributed by atoms with Gasteiger partial charge in [0.15, 0.2) is 5.13 Å². The van der Waals surface area contributed by atoms with Gasteiger partial charge in [0.1, 0.15) is 5.75 Å². The van der Waals surface area contributed by atoms with Crippen LogP contribution in [0.25, 0.3) is 0 Å². The molecule has 0 saturated carbocycles. The van der Waals surface area contributed by atoms with E-state index < -0.39 is 6.09 Å². The first-order valence-electron chi connectivity index (χ1n) is 8.55. The van der Waals surface area contributed by atoms with E-state index in [4.69, 9.17) is 4.74 Å². The number of hydrogen-bond acceptors (Lipinski definition) is 7. The highest BCUT2D eigenvalue weighted by Crippen LogP contribution is 2.21. The summed E-state index contributed by atoms with van der Waals surface area (Å²) < 4.78 is 9.71. The van der Waals surface area contributed by atoms with Crippen molar-refractivity contribution < 1.29 is 19.1 Å². The van der Waals surface area contributed by atoms with Crippen molar-refractivity contribution in [1.82, 2.24) is 9.88 Å². The molecule has 1 aliphatic heterocycles. The van der Waals surface area contributed by atoms with E-state index in [0.717, 1.165) is 24.5 Å². The summed E-state index contributed by atoms with van der Waals surface area (Å²) >= 11 is 1.27. The molecule has 9 heteroatoms. The zero-order chi connectivity index (χ0) is 19.2. The Balaban J connectivity index is 1.50. The summed E-state index contributed by atoms with van der Waals surface area (Å²) in [4.78, 5) is 32.1. The van der Waals surface area contributed by atoms with Crippen LogP contribution >= 0.6 is 11.3 Å². The van der Waals surface area contributed by atoms with Crippen LogP contribution in [0.5, 0.6) is 5.75 Å². The number of nitrogens with zero attached hydrogens (tertiary/aromatic N) is 3. The van der Waals surface area contributed by atoms with Crippen molar-refractivity contribution in [3.05, 3.63) is 35.3 Å². The van der Waals surface area contributed by atoms with Gasteiger partial charge in [0.2, 0.25) is 5.91 Å². The average molecular weight is 390 g/mol. The van der Waals surface area contributed by atoms with Gasteiger partial charge < -0.3 is 19.3 Å². The lowest BCUT2D eigenvalue weighted by atomic mass is 10.2. The van der Waals surface area contributed by atoms with Crippen molar-refractivity contribution in [2.45, 2.75) is 6.42 Å². The number of anilines is 2. The molecular formula is C18H22N4O4S. The van der Waals surface area contributed by atoms with Crippen molar-refractivity contribution in [1.29, 1.82) is 0 Å². The van der Waals surface area contributed by atoms with E-state index in [1.807, 2.05) is 29.2 Å². The molecule has 1 fully saturated rings. The summed E-state index contributed by atoms with van der Waals surface area (Å²) in [5, 5.41) is 4.70.